The minimum atomic E-state index is -3.06. The minimum Gasteiger partial charge on any atom is -0.478 e. The van der Waals surface area contributed by atoms with Gasteiger partial charge in [-0.15, -0.1) is 0 Å². The highest BCUT2D eigenvalue weighted by atomic mass is 19.3. The van der Waals surface area contributed by atoms with Crippen molar-refractivity contribution in [2.24, 2.45) is 0 Å². The quantitative estimate of drug-likeness (QED) is 0.858. The van der Waals surface area contributed by atoms with Gasteiger partial charge in [0.15, 0.2) is 0 Å². The lowest BCUT2D eigenvalue weighted by Gasteiger charge is -2.09. The summed E-state index contributed by atoms with van der Waals surface area (Å²) in [5.41, 5.74) is -0.0823. The Bertz CT molecular complexity index is 466. The zero-order valence-corrected chi connectivity index (χ0v) is 8.20. The van der Waals surface area contributed by atoms with Crippen molar-refractivity contribution in [1.82, 2.24) is 0 Å². The number of aromatic carboxylic acids is 1. The normalized spacial score (nSPS) is 9.94. The van der Waals surface area contributed by atoms with Crippen LogP contribution >= 0.6 is 0 Å². The van der Waals surface area contributed by atoms with Gasteiger partial charge in [0, 0.05) is 5.56 Å². The van der Waals surface area contributed by atoms with Crippen molar-refractivity contribution in [2.45, 2.75) is 13.5 Å². The molecule has 1 aromatic rings. The molecule has 4 nitrogen and oxygen atoms in total. The number of hydrogen-bond donors (Lipinski definition) is 1. The number of halogens is 2. The Labute approximate surface area is 89.7 Å². The number of hydrogen-bond acceptors (Lipinski definition) is 3. The van der Waals surface area contributed by atoms with Crippen LogP contribution in [0, 0.1) is 18.3 Å². The molecule has 0 heterocycles. The van der Waals surface area contributed by atoms with E-state index in [0.717, 1.165) is 12.1 Å². The van der Waals surface area contributed by atoms with Crippen molar-refractivity contribution in [3.8, 4) is 11.8 Å². The molecule has 1 aromatic carbocycles. The molecule has 0 aliphatic carbocycles. The number of nitrogens with zero attached hydrogens (tertiary/aromatic N) is 1. The van der Waals surface area contributed by atoms with E-state index in [1.165, 1.54) is 6.92 Å². The molecule has 0 aliphatic rings. The zero-order valence-electron chi connectivity index (χ0n) is 8.20. The van der Waals surface area contributed by atoms with Gasteiger partial charge in [-0.05, 0) is 19.1 Å². The van der Waals surface area contributed by atoms with E-state index in [4.69, 9.17) is 10.4 Å². The first-order valence-electron chi connectivity index (χ1n) is 4.18. The summed E-state index contributed by atoms with van der Waals surface area (Å²) >= 11 is 0. The number of carboxylic acids is 1. The topological polar surface area (TPSA) is 70.3 Å². The van der Waals surface area contributed by atoms with Crippen LogP contribution in [-0.2, 0) is 0 Å². The van der Waals surface area contributed by atoms with Gasteiger partial charge in [-0.25, -0.2) is 4.79 Å². The molecule has 1 rings (SSSR count). The van der Waals surface area contributed by atoms with Crippen LogP contribution in [0.15, 0.2) is 12.1 Å². The number of carboxylic acid groups (broad SMARTS) is 1. The summed E-state index contributed by atoms with van der Waals surface area (Å²) in [6.45, 7) is -1.66. The highest BCUT2D eigenvalue weighted by Crippen LogP contribution is 2.25. The lowest BCUT2D eigenvalue weighted by atomic mass is 10.0. The van der Waals surface area contributed by atoms with Crippen molar-refractivity contribution < 1.29 is 23.4 Å². The lowest BCUT2D eigenvalue weighted by molar-refractivity contribution is -0.0503. The highest BCUT2D eigenvalue weighted by molar-refractivity contribution is 5.89. The zero-order chi connectivity index (χ0) is 12.3. The Hall–Kier alpha value is -2.16. The number of benzene rings is 1. The van der Waals surface area contributed by atoms with Gasteiger partial charge in [0.1, 0.15) is 5.75 Å². The largest absolute Gasteiger partial charge is 0.478 e. The molecular weight excluding hydrogens is 220 g/mol. The summed E-state index contributed by atoms with van der Waals surface area (Å²) < 4.78 is 28.2. The van der Waals surface area contributed by atoms with Crippen LogP contribution in [0.5, 0.6) is 5.75 Å². The van der Waals surface area contributed by atoms with Gasteiger partial charge in [0.05, 0.1) is 17.2 Å². The van der Waals surface area contributed by atoms with Crippen LogP contribution < -0.4 is 4.74 Å². The van der Waals surface area contributed by atoms with Crippen LogP contribution in [-0.4, -0.2) is 17.7 Å². The first-order valence-corrected chi connectivity index (χ1v) is 4.18. The second kappa shape index (κ2) is 4.57. The summed E-state index contributed by atoms with van der Waals surface area (Å²) in [6.07, 6.45) is 0. The third-order valence-electron chi connectivity index (χ3n) is 1.94. The molecule has 6 heteroatoms. The van der Waals surface area contributed by atoms with Crippen LogP contribution in [0.1, 0.15) is 21.5 Å². The molecule has 0 unspecified atom stereocenters. The molecule has 0 atom stereocenters. The van der Waals surface area contributed by atoms with Gasteiger partial charge in [0.25, 0.3) is 0 Å². The number of ether oxygens (including phenoxy) is 1. The number of alkyl halides is 2. The van der Waals surface area contributed by atoms with Crippen molar-refractivity contribution >= 4 is 5.97 Å². The van der Waals surface area contributed by atoms with E-state index in [9.17, 15) is 13.6 Å². The molecule has 1 N–H and O–H groups in total. The molecule has 0 radical (unpaired) electrons. The third-order valence-corrected chi connectivity index (χ3v) is 1.94. The smallest absolute Gasteiger partial charge is 0.387 e. The van der Waals surface area contributed by atoms with E-state index < -0.39 is 12.6 Å². The molecule has 0 spiro atoms. The molecule has 16 heavy (non-hydrogen) atoms. The predicted molar refractivity (Wildman–Crippen MR) is 49.5 cm³/mol. The van der Waals surface area contributed by atoms with Crippen LogP contribution in [0.2, 0.25) is 0 Å². The highest BCUT2D eigenvalue weighted by Gasteiger charge is 2.15. The second-order valence-electron chi connectivity index (χ2n) is 2.94. The molecular formula is C10H7F2NO3. The molecule has 0 aliphatic heterocycles. The van der Waals surface area contributed by atoms with Gasteiger partial charge >= 0.3 is 12.6 Å². The first-order chi connectivity index (χ1) is 7.45. The maximum Gasteiger partial charge on any atom is 0.387 e. The van der Waals surface area contributed by atoms with Crippen molar-refractivity contribution in [2.75, 3.05) is 0 Å². The molecule has 0 amide bonds. The number of nitriles is 1. The SMILES string of the molecule is Cc1c(C#N)cc(C(=O)O)cc1OC(F)F. The van der Waals surface area contributed by atoms with Gasteiger partial charge in [-0.3, -0.25) is 0 Å². The molecule has 0 fully saturated rings. The Morgan fingerprint density at radius 2 is 2.19 bits per heavy atom. The van der Waals surface area contributed by atoms with E-state index in [-0.39, 0.29) is 22.4 Å². The predicted octanol–water partition coefficient (Wildman–Crippen LogP) is 2.17. The summed E-state index contributed by atoms with van der Waals surface area (Å²) in [7, 11) is 0. The minimum absolute atomic E-state index is 0.00412. The number of carbonyl (C=O) groups is 1. The van der Waals surface area contributed by atoms with Gasteiger partial charge in [-0.2, -0.15) is 14.0 Å². The van der Waals surface area contributed by atoms with E-state index in [1.807, 2.05) is 0 Å². The number of rotatable bonds is 3. The van der Waals surface area contributed by atoms with E-state index in [0.29, 0.717) is 0 Å². The van der Waals surface area contributed by atoms with Crippen molar-refractivity contribution in [3.05, 3.63) is 28.8 Å². The van der Waals surface area contributed by atoms with Gasteiger partial charge in [-0.1, -0.05) is 0 Å². The lowest BCUT2D eigenvalue weighted by Crippen LogP contribution is -2.06. The Morgan fingerprint density at radius 3 is 2.62 bits per heavy atom. The summed E-state index contributed by atoms with van der Waals surface area (Å²) in [5, 5.41) is 17.4. The fourth-order valence-corrected chi connectivity index (χ4v) is 1.15. The van der Waals surface area contributed by atoms with E-state index >= 15 is 0 Å². The Morgan fingerprint density at radius 1 is 1.56 bits per heavy atom. The molecule has 0 bridgehead atoms. The van der Waals surface area contributed by atoms with E-state index in [1.54, 1.807) is 6.07 Å². The monoisotopic (exact) mass is 227 g/mol. The fourth-order valence-electron chi connectivity index (χ4n) is 1.15. The van der Waals surface area contributed by atoms with Crippen LogP contribution in [0.4, 0.5) is 8.78 Å². The summed E-state index contributed by atoms with van der Waals surface area (Å²) in [4.78, 5) is 10.7. The first kappa shape index (κ1) is 11.9. The maximum absolute atomic E-state index is 12.0. The van der Waals surface area contributed by atoms with E-state index in [2.05, 4.69) is 4.74 Å². The average molecular weight is 227 g/mol. The summed E-state index contributed by atoms with van der Waals surface area (Å²) in [6, 6.07) is 3.79. The molecule has 84 valence electrons. The maximum atomic E-state index is 12.0. The van der Waals surface area contributed by atoms with Gasteiger partial charge < -0.3 is 9.84 Å². The van der Waals surface area contributed by atoms with Crippen molar-refractivity contribution in [1.29, 1.82) is 5.26 Å². The second-order valence-corrected chi connectivity index (χ2v) is 2.94. The van der Waals surface area contributed by atoms with Gasteiger partial charge in [0.2, 0.25) is 0 Å². The summed E-state index contributed by atoms with van der Waals surface area (Å²) in [5.74, 6) is -1.61. The third kappa shape index (κ3) is 2.45. The van der Waals surface area contributed by atoms with Crippen molar-refractivity contribution in [3.63, 3.8) is 0 Å². The Kier molecular flexibility index (Phi) is 3.40. The molecule has 0 saturated carbocycles. The Balaban J connectivity index is 3.31. The standard InChI is InChI=1S/C10H7F2NO3/c1-5-7(4-13)2-6(9(14)15)3-8(5)16-10(11)12/h2-3,10H,1H3,(H,14,15). The molecule has 0 aromatic heterocycles. The van der Waals surface area contributed by atoms with Crippen LogP contribution in [0.25, 0.3) is 0 Å². The average Bonchev–Trinajstić information content (AvgIpc) is 2.20. The fraction of sp³-hybridized carbons (Fsp3) is 0.200. The molecule has 0 saturated heterocycles. The van der Waals surface area contributed by atoms with Crippen LogP contribution in [0.3, 0.4) is 0 Å².